The molecule has 4 heteroatoms. The lowest BCUT2D eigenvalue weighted by Crippen LogP contribution is -2.38. The van der Waals surface area contributed by atoms with Crippen LogP contribution in [0.25, 0.3) is 27.5 Å². The third-order valence-electron chi connectivity index (χ3n) is 10.1. The van der Waals surface area contributed by atoms with Crippen LogP contribution in [-0.2, 0) is 9.98 Å². The Hall–Kier alpha value is -5.63. The van der Waals surface area contributed by atoms with E-state index in [1.807, 2.05) is 78.9 Å². The van der Waals surface area contributed by atoms with Crippen molar-refractivity contribution in [3.05, 3.63) is 192 Å². The number of hydrogen-bond acceptors (Lipinski definition) is 2. The molecule has 0 aliphatic carbocycles. The van der Waals surface area contributed by atoms with Gasteiger partial charge < -0.3 is 13.9 Å². The van der Waals surface area contributed by atoms with Crippen LogP contribution >= 0.6 is 7.14 Å². The number of aromatic nitrogens is 1. The summed E-state index contributed by atoms with van der Waals surface area (Å²) in [5.41, 5.74) is 7.23. The zero-order valence-electron chi connectivity index (χ0n) is 25.4. The van der Waals surface area contributed by atoms with Gasteiger partial charge >= 0.3 is 0 Å². The Kier molecular flexibility index (Phi) is 5.48. The summed E-state index contributed by atoms with van der Waals surface area (Å²) in [5.74, 6) is 1.61. The average Bonchev–Trinajstić information content (AvgIpc) is 3.49. The van der Waals surface area contributed by atoms with Crippen molar-refractivity contribution in [2.75, 3.05) is 0 Å². The zero-order chi connectivity index (χ0) is 31.2. The Balaban J connectivity index is 1.38. The number of fused-ring (bicyclic) bond motifs is 11. The molecule has 0 saturated heterocycles. The van der Waals surface area contributed by atoms with E-state index in [1.165, 1.54) is 32.9 Å². The molecule has 1 unspecified atom stereocenters. The Labute approximate surface area is 272 Å². The van der Waals surface area contributed by atoms with Crippen LogP contribution in [0, 0.1) is 0 Å². The Bertz CT molecular complexity index is 2540. The first-order chi connectivity index (χ1) is 23.2. The summed E-state index contributed by atoms with van der Waals surface area (Å²) in [6.07, 6.45) is 0. The lowest BCUT2D eigenvalue weighted by molar-refractivity contribution is 0.434. The van der Waals surface area contributed by atoms with Gasteiger partial charge in [-0.15, -0.1) is 0 Å². The van der Waals surface area contributed by atoms with Crippen molar-refractivity contribution >= 4 is 44.9 Å². The molecule has 2 aliphatic rings. The van der Waals surface area contributed by atoms with Crippen molar-refractivity contribution in [2.24, 2.45) is 0 Å². The molecule has 2 aliphatic heterocycles. The molecular formula is C43H28NO2P. The van der Waals surface area contributed by atoms with Crippen molar-refractivity contribution in [3.8, 4) is 17.2 Å². The largest absolute Gasteiger partial charge is 0.457 e. The van der Waals surface area contributed by atoms with Crippen molar-refractivity contribution in [1.82, 2.24) is 4.57 Å². The van der Waals surface area contributed by atoms with Crippen LogP contribution in [-0.4, -0.2) is 4.57 Å². The van der Waals surface area contributed by atoms with Gasteiger partial charge in [-0.3, -0.25) is 0 Å². The highest BCUT2D eigenvalue weighted by atomic mass is 31.2. The van der Waals surface area contributed by atoms with Crippen LogP contribution in [0.1, 0.15) is 22.3 Å². The number of para-hydroxylation sites is 4. The van der Waals surface area contributed by atoms with E-state index in [-0.39, 0.29) is 0 Å². The number of rotatable bonds is 3. The van der Waals surface area contributed by atoms with Gasteiger partial charge in [0.15, 0.2) is 7.14 Å². The van der Waals surface area contributed by atoms with Gasteiger partial charge in [-0.25, -0.2) is 0 Å². The lowest BCUT2D eigenvalue weighted by atomic mass is 9.62. The highest BCUT2D eigenvalue weighted by Gasteiger charge is 2.50. The summed E-state index contributed by atoms with van der Waals surface area (Å²) in [6, 6.07) is 58.6. The first-order valence-corrected chi connectivity index (χ1v) is 17.7. The van der Waals surface area contributed by atoms with E-state index in [0.717, 1.165) is 44.2 Å². The summed E-state index contributed by atoms with van der Waals surface area (Å²) >= 11 is 0. The second-order valence-corrected chi connectivity index (χ2v) is 15.1. The van der Waals surface area contributed by atoms with Crippen molar-refractivity contribution in [3.63, 3.8) is 0 Å². The van der Waals surface area contributed by atoms with Crippen LogP contribution < -0.4 is 20.7 Å². The predicted octanol–water partition coefficient (Wildman–Crippen LogP) is 9.22. The molecule has 0 bridgehead atoms. The minimum Gasteiger partial charge on any atom is -0.457 e. The third kappa shape index (κ3) is 3.39. The van der Waals surface area contributed by atoms with Gasteiger partial charge in [0, 0.05) is 37.8 Å². The normalized spacial score (nSPS) is 16.0. The molecule has 7 aromatic carbocycles. The molecule has 0 amide bonds. The van der Waals surface area contributed by atoms with Gasteiger partial charge in [0.25, 0.3) is 0 Å². The molecular weight excluding hydrogens is 593 g/mol. The first-order valence-electron chi connectivity index (χ1n) is 16.0. The molecule has 8 aromatic rings. The fourth-order valence-electron chi connectivity index (χ4n) is 8.23. The lowest BCUT2D eigenvalue weighted by Gasteiger charge is -2.45. The maximum Gasteiger partial charge on any atom is 0.171 e. The number of nitrogens with zero attached hydrogens (tertiary/aromatic N) is 1. The van der Waals surface area contributed by atoms with Crippen molar-refractivity contribution < 1.29 is 9.30 Å². The smallest absolute Gasteiger partial charge is 0.171 e. The SMILES string of the molecule is O=P(c1ccccc1)(c1ccccc1)c1ccc2c(c1)C1(c3ccccc3O2)c2ccccc2-n2c3ccccc3c3cccc1c32. The minimum atomic E-state index is -3.27. The topological polar surface area (TPSA) is 31.2 Å². The third-order valence-corrected chi connectivity index (χ3v) is 13.2. The van der Waals surface area contributed by atoms with E-state index in [0.29, 0.717) is 0 Å². The average molecular weight is 622 g/mol. The van der Waals surface area contributed by atoms with Crippen LogP contribution in [0.3, 0.4) is 0 Å². The molecule has 0 fully saturated rings. The summed E-state index contributed by atoms with van der Waals surface area (Å²) in [4.78, 5) is 0. The first kappa shape index (κ1) is 26.6. The van der Waals surface area contributed by atoms with E-state index >= 15 is 4.57 Å². The summed E-state index contributed by atoms with van der Waals surface area (Å²) in [7, 11) is -3.27. The van der Waals surface area contributed by atoms with Gasteiger partial charge in [-0.2, -0.15) is 0 Å². The van der Waals surface area contributed by atoms with Crippen LogP contribution in [0.5, 0.6) is 11.5 Å². The maximum absolute atomic E-state index is 15.7. The van der Waals surface area contributed by atoms with E-state index in [4.69, 9.17) is 4.74 Å². The van der Waals surface area contributed by atoms with Gasteiger partial charge in [0.2, 0.25) is 0 Å². The predicted molar refractivity (Wildman–Crippen MR) is 192 cm³/mol. The molecule has 1 aromatic heterocycles. The second-order valence-electron chi connectivity index (χ2n) is 12.4. The summed E-state index contributed by atoms with van der Waals surface area (Å²) < 4.78 is 24.9. The molecule has 0 N–H and O–H groups in total. The van der Waals surface area contributed by atoms with E-state index < -0.39 is 12.6 Å². The van der Waals surface area contributed by atoms with Crippen molar-refractivity contribution in [2.45, 2.75) is 5.41 Å². The van der Waals surface area contributed by atoms with E-state index in [9.17, 15) is 0 Å². The summed E-state index contributed by atoms with van der Waals surface area (Å²) in [5, 5.41) is 4.84. The number of ether oxygens (including phenoxy) is 1. The van der Waals surface area contributed by atoms with Crippen LogP contribution in [0.15, 0.2) is 170 Å². The zero-order valence-corrected chi connectivity index (χ0v) is 26.3. The number of benzene rings is 7. The van der Waals surface area contributed by atoms with Crippen LogP contribution in [0.4, 0.5) is 0 Å². The molecule has 3 heterocycles. The van der Waals surface area contributed by atoms with Crippen LogP contribution in [0.2, 0.25) is 0 Å². The van der Waals surface area contributed by atoms with Gasteiger partial charge in [0.1, 0.15) is 11.5 Å². The molecule has 10 rings (SSSR count). The summed E-state index contributed by atoms with van der Waals surface area (Å²) in [6.45, 7) is 0. The molecule has 0 saturated carbocycles. The fourth-order valence-corrected chi connectivity index (χ4v) is 10.9. The molecule has 3 nitrogen and oxygen atoms in total. The van der Waals surface area contributed by atoms with Crippen molar-refractivity contribution in [1.29, 1.82) is 0 Å². The fraction of sp³-hybridized carbons (Fsp3) is 0.0233. The monoisotopic (exact) mass is 621 g/mol. The van der Waals surface area contributed by atoms with Gasteiger partial charge in [-0.05, 0) is 47.5 Å². The minimum absolute atomic E-state index is 0.723. The highest BCUT2D eigenvalue weighted by Crippen LogP contribution is 2.60. The quantitative estimate of drug-likeness (QED) is 0.184. The van der Waals surface area contributed by atoms with E-state index in [1.54, 1.807) is 0 Å². The van der Waals surface area contributed by atoms with Gasteiger partial charge in [0.05, 0.1) is 22.1 Å². The molecule has 1 spiro atoms. The number of hydrogen-bond donors (Lipinski definition) is 0. The maximum atomic E-state index is 15.7. The Morgan fingerprint density at radius 3 is 1.85 bits per heavy atom. The molecule has 222 valence electrons. The van der Waals surface area contributed by atoms with Gasteiger partial charge in [-0.1, -0.05) is 133 Å². The van der Waals surface area contributed by atoms with E-state index in [2.05, 4.69) is 95.6 Å². The molecule has 47 heavy (non-hydrogen) atoms. The Morgan fingerprint density at radius 2 is 1.06 bits per heavy atom. The second kappa shape index (κ2) is 9.69. The standard InChI is InChI=1S/C43H28NO2P/c45-47(29-14-3-1-4-15-29,30-16-5-2-6-17-30)31-26-27-41-37(28-31)43(35-21-9-12-25-40(35)46-41)34-20-8-11-24-39(34)44-38-23-10-7-18-32(38)33-19-13-22-36(43)42(33)44/h1-28H. The molecule has 1 atom stereocenters. The Morgan fingerprint density at radius 1 is 0.468 bits per heavy atom. The molecule has 0 radical (unpaired) electrons. The highest BCUT2D eigenvalue weighted by molar-refractivity contribution is 7.85.